The summed E-state index contributed by atoms with van der Waals surface area (Å²) in [4.78, 5) is 0. The number of hydrogen-bond donors (Lipinski definition) is 1. The Hall–Kier alpha value is -1.90. The van der Waals surface area contributed by atoms with Gasteiger partial charge in [-0.2, -0.15) is 0 Å². The SMILES string of the molecule is Fc1cccc(NC2CCCc3ccccc32)c1F. The number of fused-ring (bicyclic) bond motifs is 1. The van der Waals surface area contributed by atoms with Crippen molar-refractivity contribution in [1.29, 1.82) is 0 Å². The summed E-state index contributed by atoms with van der Waals surface area (Å²) >= 11 is 0. The first-order valence-corrected chi connectivity index (χ1v) is 6.54. The molecule has 1 atom stereocenters. The van der Waals surface area contributed by atoms with Crippen molar-refractivity contribution in [3.05, 3.63) is 65.2 Å². The van der Waals surface area contributed by atoms with Gasteiger partial charge in [0.1, 0.15) is 0 Å². The molecule has 0 saturated heterocycles. The van der Waals surface area contributed by atoms with Crippen molar-refractivity contribution in [3.63, 3.8) is 0 Å². The molecule has 0 heterocycles. The maximum atomic E-state index is 13.7. The Morgan fingerprint density at radius 1 is 1.00 bits per heavy atom. The largest absolute Gasteiger partial charge is 0.376 e. The Balaban J connectivity index is 1.91. The summed E-state index contributed by atoms with van der Waals surface area (Å²) in [6.45, 7) is 0. The van der Waals surface area contributed by atoms with Crippen molar-refractivity contribution >= 4 is 5.69 Å². The lowest BCUT2D eigenvalue weighted by atomic mass is 9.87. The predicted molar refractivity (Wildman–Crippen MR) is 72.1 cm³/mol. The normalized spacial score (nSPS) is 17.9. The number of nitrogens with one attached hydrogen (secondary N) is 1. The molecule has 2 aromatic rings. The Bertz CT molecular complexity index is 595. The second-order valence-electron chi connectivity index (χ2n) is 4.89. The number of rotatable bonds is 2. The van der Waals surface area contributed by atoms with Crippen LogP contribution in [0.3, 0.4) is 0 Å². The average molecular weight is 259 g/mol. The van der Waals surface area contributed by atoms with E-state index in [0.29, 0.717) is 0 Å². The summed E-state index contributed by atoms with van der Waals surface area (Å²) in [6.07, 6.45) is 3.05. The molecule has 0 amide bonds. The van der Waals surface area contributed by atoms with E-state index in [1.807, 2.05) is 12.1 Å². The smallest absolute Gasteiger partial charge is 0.181 e. The van der Waals surface area contributed by atoms with Gasteiger partial charge in [0.05, 0.1) is 11.7 Å². The van der Waals surface area contributed by atoms with Crippen molar-refractivity contribution in [2.75, 3.05) is 5.32 Å². The Morgan fingerprint density at radius 2 is 1.84 bits per heavy atom. The quantitative estimate of drug-likeness (QED) is 0.840. The zero-order chi connectivity index (χ0) is 13.2. The van der Waals surface area contributed by atoms with Crippen LogP contribution in [0.25, 0.3) is 0 Å². The van der Waals surface area contributed by atoms with Crippen LogP contribution in [0.5, 0.6) is 0 Å². The highest BCUT2D eigenvalue weighted by Gasteiger charge is 2.20. The molecule has 1 nitrogen and oxygen atoms in total. The summed E-state index contributed by atoms with van der Waals surface area (Å²) in [5, 5.41) is 3.13. The molecular weight excluding hydrogens is 244 g/mol. The van der Waals surface area contributed by atoms with Gasteiger partial charge in [-0.15, -0.1) is 0 Å². The maximum absolute atomic E-state index is 13.7. The number of aryl methyl sites for hydroxylation is 1. The van der Waals surface area contributed by atoms with E-state index in [1.165, 1.54) is 17.2 Å². The van der Waals surface area contributed by atoms with Gasteiger partial charge in [-0.1, -0.05) is 30.3 Å². The summed E-state index contributed by atoms with van der Waals surface area (Å²) in [5.74, 6) is -1.61. The number of halogens is 2. The molecule has 1 N–H and O–H groups in total. The van der Waals surface area contributed by atoms with Gasteiger partial charge in [0.2, 0.25) is 0 Å². The zero-order valence-corrected chi connectivity index (χ0v) is 10.5. The van der Waals surface area contributed by atoms with Crippen LogP contribution < -0.4 is 5.32 Å². The highest BCUT2D eigenvalue weighted by molar-refractivity contribution is 5.48. The molecule has 0 bridgehead atoms. The van der Waals surface area contributed by atoms with Crippen LogP contribution in [0.4, 0.5) is 14.5 Å². The van der Waals surface area contributed by atoms with Gasteiger partial charge >= 0.3 is 0 Å². The molecular formula is C16H15F2N. The summed E-state index contributed by atoms with van der Waals surface area (Å²) in [6, 6.07) is 12.5. The van der Waals surface area contributed by atoms with E-state index in [-0.39, 0.29) is 11.7 Å². The molecule has 0 saturated carbocycles. The molecule has 1 aliphatic carbocycles. The molecule has 98 valence electrons. The van der Waals surface area contributed by atoms with Gasteiger partial charge in [0.15, 0.2) is 11.6 Å². The molecule has 3 heteroatoms. The van der Waals surface area contributed by atoms with Crippen molar-refractivity contribution < 1.29 is 8.78 Å². The molecule has 0 radical (unpaired) electrons. The van der Waals surface area contributed by atoms with Gasteiger partial charge in [-0.05, 0) is 42.5 Å². The summed E-state index contributed by atoms with van der Waals surface area (Å²) in [7, 11) is 0. The third kappa shape index (κ3) is 2.33. The fourth-order valence-corrected chi connectivity index (χ4v) is 2.71. The standard InChI is InChI=1S/C16H15F2N/c17-13-8-4-10-15(16(13)18)19-14-9-3-6-11-5-1-2-7-12(11)14/h1-2,4-5,7-8,10,14,19H,3,6,9H2. The Kier molecular flexibility index (Phi) is 3.20. The minimum atomic E-state index is -0.811. The van der Waals surface area contributed by atoms with Crippen molar-refractivity contribution in [2.45, 2.75) is 25.3 Å². The van der Waals surface area contributed by atoms with Gasteiger partial charge in [-0.25, -0.2) is 8.78 Å². The lowest BCUT2D eigenvalue weighted by Crippen LogP contribution is -2.18. The first kappa shape index (κ1) is 12.2. The molecule has 1 aliphatic rings. The van der Waals surface area contributed by atoms with Crippen LogP contribution in [0.1, 0.15) is 30.0 Å². The molecule has 0 spiro atoms. The van der Waals surface area contributed by atoms with Crippen LogP contribution >= 0.6 is 0 Å². The minimum Gasteiger partial charge on any atom is -0.376 e. The number of hydrogen-bond acceptors (Lipinski definition) is 1. The molecule has 0 aromatic heterocycles. The molecule has 19 heavy (non-hydrogen) atoms. The monoisotopic (exact) mass is 259 g/mol. The first-order valence-electron chi connectivity index (χ1n) is 6.54. The number of benzene rings is 2. The third-order valence-corrected chi connectivity index (χ3v) is 3.65. The molecule has 0 fully saturated rings. The van der Waals surface area contributed by atoms with E-state index in [1.54, 1.807) is 6.07 Å². The highest BCUT2D eigenvalue weighted by atomic mass is 19.2. The molecule has 0 aliphatic heterocycles. The zero-order valence-electron chi connectivity index (χ0n) is 10.5. The lowest BCUT2D eigenvalue weighted by molar-refractivity contribution is 0.507. The van der Waals surface area contributed by atoms with E-state index in [4.69, 9.17) is 0 Å². The fraction of sp³-hybridized carbons (Fsp3) is 0.250. The van der Waals surface area contributed by atoms with Crippen LogP contribution in [-0.2, 0) is 6.42 Å². The molecule has 2 aromatic carbocycles. The van der Waals surface area contributed by atoms with E-state index >= 15 is 0 Å². The Labute approximate surface area is 111 Å². The predicted octanol–water partition coefficient (Wildman–Crippen LogP) is 4.45. The highest BCUT2D eigenvalue weighted by Crippen LogP contribution is 2.33. The van der Waals surface area contributed by atoms with Crippen LogP contribution in [0, 0.1) is 11.6 Å². The van der Waals surface area contributed by atoms with E-state index < -0.39 is 11.6 Å². The van der Waals surface area contributed by atoms with E-state index in [0.717, 1.165) is 25.3 Å². The minimum absolute atomic E-state index is 0.0567. The Morgan fingerprint density at radius 3 is 2.74 bits per heavy atom. The molecule has 3 rings (SSSR count). The van der Waals surface area contributed by atoms with E-state index in [2.05, 4.69) is 17.4 Å². The third-order valence-electron chi connectivity index (χ3n) is 3.65. The topological polar surface area (TPSA) is 12.0 Å². The van der Waals surface area contributed by atoms with Crippen LogP contribution in [0.2, 0.25) is 0 Å². The van der Waals surface area contributed by atoms with Crippen LogP contribution in [0.15, 0.2) is 42.5 Å². The lowest BCUT2D eigenvalue weighted by Gasteiger charge is -2.27. The van der Waals surface area contributed by atoms with Crippen LogP contribution in [-0.4, -0.2) is 0 Å². The van der Waals surface area contributed by atoms with Crippen molar-refractivity contribution in [1.82, 2.24) is 0 Å². The second kappa shape index (κ2) is 5.00. The van der Waals surface area contributed by atoms with Gasteiger partial charge in [0, 0.05) is 0 Å². The fourth-order valence-electron chi connectivity index (χ4n) is 2.71. The number of anilines is 1. The van der Waals surface area contributed by atoms with Crippen molar-refractivity contribution in [3.8, 4) is 0 Å². The summed E-state index contributed by atoms with van der Waals surface area (Å²) < 4.78 is 26.9. The average Bonchev–Trinajstić information content (AvgIpc) is 2.44. The molecule has 1 unspecified atom stereocenters. The maximum Gasteiger partial charge on any atom is 0.181 e. The van der Waals surface area contributed by atoms with Gasteiger partial charge < -0.3 is 5.32 Å². The van der Waals surface area contributed by atoms with Crippen molar-refractivity contribution in [2.24, 2.45) is 0 Å². The summed E-state index contributed by atoms with van der Waals surface area (Å²) in [5.41, 5.74) is 2.72. The first-order chi connectivity index (χ1) is 9.25. The second-order valence-corrected chi connectivity index (χ2v) is 4.89. The van der Waals surface area contributed by atoms with E-state index in [9.17, 15) is 8.78 Å². The van der Waals surface area contributed by atoms with Gasteiger partial charge in [0.25, 0.3) is 0 Å². The van der Waals surface area contributed by atoms with Gasteiger partial charge in [-0.3, -0.25) is 0 Å².